The molecule has 0 aliphatic carbocycles. The first-order valence-corrected chi connectivity index (χ1v) is 8.10. The van der Waals surface area contributed by atoms with Crippen molar-refractivity contribution in [1.29, 1.82) is 0 Å². The van der Waals surface area contributed by atoms with E-state index in [-0.39, 0.29) is 5.91 Å². The summed E-state index contributed by atoms with van der Waals surface area (Å²) in [6, 6.07) is 11.9. The van der Waals surface area contributed by atoms with Crippen LogP contribution in [0.5, 0.6) is 5.75 Å². The summed E-state index contributed by atoms with van der Waals surface area (Å²) in [6.07, 6.45) is 2.94. The number of hydrogen-bond acceptors (Lipinski definition) is 3. The molecule has 0 fully saturated rings. The zero-order valence-electron chi connectivity index (χ0n) is 13.8. The van der Waals surface area contributed by atoms with Crippen molar-refractivity contribution in [2.45, 2.75) is 19.8 Å². The topological polar surface area (TPSA) is 42.7 Å². The summed E-state index contributed by atoms with van der Waals surface area (Å²) >= 11 is 0. The molecule has 0 bridgehead atoms. The number of nitrogens with zero attached hydrogens (tertiary/aromatic N) is 1. The van der Waals surface area contributed by atoms with Crippen molar-refractivity contribution in [2.24, 2.45) is 0 Å². The second kappa shape index (κ2) is 5.71. The van der Waals surface area contributed by atoms with Crippen LogP contribution in [-0.4, -0.2) is 19.6 Å². The van der Waals surface area contributed by atoms with E-state index in [0.29, 0.717) is 6.42 Å². The molecular formula is C20H19NO3. The van der Waals surface area contributed by atoms with Crippen LogP contribution >= 0.6 is 0 Å². The zero-order chi connectivity index (χ0) is 16.7. The molecule has 0 radical (unpaired) electrons. The fourth-order valence-corrected chi connectivity index (χ4v) is 3.49. The number of ether oxygens (including phenoxy) is 1. The van der Waals surface area contributed by atoms with Gasteiger partial charge in [0.15, 0.2) is 0 Å². The molecule has 2 aromatic carbocycles. The van der Waals surface area contributed by atoms with Gasteiger partial charge in [-0.05, 0) is 36.6 Å². The van der Waals surface area contributed by atoms with Gasteiger partial charge in [-0.2, -0.15) is 0 Å². The molecule has 3 aromatic rings. The number of benzene rings is 2. The van der Waals surface area contributed by atoms with E-state index >= 15 is 0 Å². The number of aryl methyl sites for hydroxylation is 1. The maximum absolute atomic E-state index is 12.9. The van der Waals surface area contributed by atoms with Crippen LogP contribution in [0.1, 0.15) is 16.7 Å². The molecule has 4 nitrogen and oxygen atoms in total. The van der Waals surface area contributed by atoms with Crippen molar-refractivity contribution in [3.05, 3.63) is 59.4 Å². The van der Waals surface area contributed by atoms with Gasteiger partial charge in [-0.25, -0.2) is 0 Å². The Morgan fingerprint density at radius 3 is 3.00 bits per heavy atom. The Morgan fingerprint density at radius 1 is 1.29 bits per heavy atom. The number of rotatable bonds is 3. The van der Waals surface area contributed by atoms with Gasteiger partial charge < -0.3 is 14.1 Å². The second-order valence-corrected chi connectivity index (χ2v) is 6.18. The number of anilines is 1. The van der Waals surface area contributed by atoms with Crippen LogP contribution in [-0.2, 0) is 17.6 Å². The smallest absolute Gasteiger partial charge is 0.231 e. The molecule has 0 unspecified atom stereocenters. The Morgan fingerprint density at radius 2 is 2.17 bits per heavy atom. The Balaban J connectivity index is 1.62. The molecule has 4 heteroatoms. The number of carbonyl (C=O) groups excluding carboxylic acids is 1. The maximum Gasteiger partial charge on any atom is 0.231 e. The molecule has 24 heavy (non-hydrogen) atoms. The molecule has 0 saturated carbocycles. The Hall–Kier alpha value is -2.75. The molecule has 0 atom stereocenters. The predicted octanol–water partition coefficient (Wildman–Crippen LogP) is 3.88. The summed E-state index contributed by atoms with van der Waals surface area (Å²) in [7, 11) is 1.63. The highest BCUT2D eigenvalue weighted by Crippen LogP contribution is 2.32. The molecule has 1 aliphatic rings. The largest absolute Gasteiger partial charge is 0.497 e. The predicted molar refractivity (Wildman–Crippen MR) is 93.7 cm³/mol. The van der Waals surface area contributed by atoms with Gasteiger partial charge in [0.25, 0.3) is 0 Å². The van der Waals surface area contributed by atoms with Gasteiger partial charge in [-0.15, -0.1) is 0 Å². The Kier molecular flexibility index (Phi) is 3.53. The van der Waals surface area contributed by atoms with Crippen LogP contribution in [0.15, 0.2) is 47.1 Å². The maximum atomic E-state index is 12.9. The third-order valence-corrected chi connectivity index (χ3v) is 4.70. The van der Waals surface area contributed by atoms with Gasteiger partial charge in [0, 0.05) is 29.2 Å². The minimum absolute atomic E-state index is 0.113. The van der Waals surface area contributed by atoms with Crippen LogP contribution in [0.4, 0.5) is 5.69 Å². The fraction of sp³-hybridized carbons (Fsp3) is 0.250. The van der Waals surface area contributed by atoms with Gasteiger partial charge in [0.05, 0.1) is 19.8 Å². The molecule has 0 N–H and O–H groups in total. The Labute approximate surface area is 140 Å². The monoisotopic (exact) mass is 321 g/mol. The number of methoxy groups -OCH3 is 1. The Bertz CT molecular complexity index is 926. The first kappa shape index (κ1) is 14.8. The van der Waals surface area contributed by atoms with E-state index in [2.05, 4.69) is 25.1 Å². The van der Waals surface area contributed by atoms with Gasteiger partial charge >= 0.3 is 0 Å². The van der Waals surface area contributed by atoms with E-state index in [9.17, 15) is 4.79 Å². The number of furan rings is 1. The van der Waals surface area contributed by atoms with Crippen LogP contribution in [0.3, 0.4) is 0 Å². The average Bonchev–Trinajstić information content (AvgIpc) is 3.19. The minimum atomic E-state index is 0.113. The van der Waals surface area contributed by atoms with Gasteiger partial charge in [0.2, 0.25) is 5.91 Å². The molecule has 1 aliphatic heterocycles. The molecule has 1 aromatic heterocycles. The summed E-state index contributed by atoms with van der Waals surface area (Å²) in [6.45, 7) is 2.81. The summed E-state index contributed by atoms with van der Waals surface area (Å²) in [5, 5.41) is 0.966. The highest BCUT2D eigenvalue weighted by atomic mass is 16.5. The second-order valence-electron chi connectivity index (χ2n) is 6.18. The van der Waals surface area contributed by atoms with Crippen molar-refractivity contribution < 1.29 is 13.9 Å². The van der Waals surface area contributed by atoms with Crippen LogP contribution in [0.2, 0.25) is 0 Å². The van der Waals surface area contributed by atoms with Crippen LogP contribution in [0.25, 0.3) is 11.0 Å². The highest BCUT2D eigenvalue weighted by Gasteiger charge is 2.26. The van der Waals surface area contributed by atoms with Crippen molar-refractivity contribution >= 4 is 22.6 Å². The van der Waals surface area contributed by atoms with Crippen molar-refractivity contribution in [2.75, 3.05) is 18.6 Å². The molecule has 0 spiro atoms. The summed E-state index contributed by atoms with van der Waals surface area (Å²) in [4.78, 5) is 14.8. The highest BCUT2D eigenvalue weighted by molar-refractivity contribution is 5.99. The number of fused-ring (bicyclic) bond motifs is 2. The summed E-state index contributed by atoms with van der Waals surface area (Å²) in [5.74, 6) is 0.861. The third-order valence-electron chi connectivity index (χ3n) is 4.70. The summed E-state index contributed by atoms with van der Waals surface area (Å²) in [5.41, 5.74) is 5.15. The molecule has 0 saturated heterocycles. The fourth-order valence-electron chi connectivity index (χ4n) is 3.49. The molecule has 4 rings (SSSR count). The zero-order valence-corrected chi connectivity index (χ0v) is 13.8. The number of para-hydroxylation sites is 1. The van der Waals surface area contributed by atoms with Crippen molar-refractivity contribution in [1.82, 2.24) is 0 Å². The quantitative estimate of drug-likeness (QED) is 0.735. The first-order chi connectivity index (χ1) is 11.7. The SMILES string of the molecule is COc1ccc2c(CC(=O)N3CCc4cccc(C)c43)coc2c1. The number of hydrogen-bond donors (Lipinski definition) is 0. The normalized spacial score (nSPS) is 13.3. The van der Waals surface area contributed by atoms with E-state index in [1.165, 1.54) is 5.56 Å². The van der Waals surface area contributed by atoms with Crippen molar-refractivity contribution in [3.63, 3.8) is 0 Å². The molecular weight excluding hydrogens is 302 g/mol. The average molecular weight is 321 g/mol. The number of amides is 1. The van der Waals surface area contributed by atoms with E-state index in [4.69, 9.17) is 9.15 Å². The lowest BCUT2D eigenvalue weighted by molar-refractivity contribution is -0.117. The van der Waals surface area contributed by atoms with Crippen molar-refractivity contribution in [3.8, 4) is 5.75 Å². The van der Waals surface area contributed by atoms with Gasteiger partial charge in [-0.1, -0.05) is 18.2 Å². The lowest BCUT2D eigenvalue weighted by atomic mass is 10.1. The molecule has 122 valence electrons. The molecule has 2 heterocycles. The minimum Gasteiger partial charge on any atom is -0.497 e. The van der Waals surface area contributed by atoms with E-state index < -0.39 is 0 Å². The van der Waals surface area contributed by atoms with Gasteiger partial charge in [0.1, 0.15) is 11.3 Å². The third kappa shape index (κ3) is 2.35. The lowest BCUT2D eigenvalue weighted by Gasteiger charge is -2.19. The van der Waals surface area contributed by atoms with Gasteiger partial charge in [-0.3, -0.25) is 4.79 Å². The number of carbonyl (C=O) groups is 1. The lowest BCUT2D eigenvalue weighted by Crippen LogP contribution is -2.30. The molecule has 1 amide bonds. The van der Waals surface area contributed by atoms with E-state index in [1.807, 2.05) is 23.1 Å². The summed E-state index contributed by atoms with van der Waals surface area (Å²) < 4.78 is 10.8. The van der Waals surface area contributed by atoms with E-state index in [0.717, 1.165) is 46.5 Å². The standard InChI is InChI=1S/C20H19NO3/c1-13-4-3-5-14-8-9-21(20(13)14)19(22)10-15-12-24-18-11-16(23-2)6-7-17(15)18/h3-7,11-12H,8-10H2,1-2H3. The van der Waals surface area contributed by atoms with E-state index in [1.54, 1.807) is 13.4 Å². The first-order valence-electron chi connectivity index (χ1n) is 8.10. The van der Waals surface area contributed by atoms with Crippen LogP contribution in [0, 0.1) is 6.92 Å². The van der Waals surface area contributed by atoms with Crippen LogP contribution < -0.4 is 9.64 Å².